The van der Waals surface area contributed by atoms with Crippen LogP contribution >= 0.6 is 7.60 Å². The van der Waals surface area contributed by atoms with Gasteiger partial charge in [-0.15, -0.1) is 0 Å². The molecule has 0 amide bonds. The molecular formula is C5H11O6P. The molecule has 0 saturated heterocycles. The van der Waals surface area contributed by atoms with Gasteiger partial charge in [0.1, 0.15) is 0 Å². The molecule has 0 aliphatic heterocycles. The van der Waals surface area contributed by atoms with Crippen LogP contribution in [0.4, 0.5) is 0 Å². The average Bonchev–Trinajstić information content (AvgIpc) is 1.85. The Balaban J connectivity index is 3.61. The predicted molar refractivity (Wildman–Crippen MR) is 39.4 cm³/mol. The third-order valence-electron chi connectivity index (χ3n) is 0.842. The molecule has 0 aliphatic carbocycles. The molecule has 0 heterocycles. The van der Waals surface area contributed by atoms with Gasteiger partial charge in [-0.05, 0) is 0 Å². The Labute approximate surface area is 70.0 Å². The van der Waals surface area contributed by atoms with Gasteiger partial charge in [0.05, 0.1) is 0 Å². The molecule has 1 N–H and O–H groups in total. The van der Waals surface area contributed by atoms with E-state index in [1.165, 1.54) is 6.92 Å². The number of aliphatic hydroxyl groups is 1. The van der Waals surface area contributed by atoms with Gasteiger partial charge >= 0.3 is 13.6 Å². The zero-order valence-corrected chi connectivity index (χ0v) is 7.74. The highest BCUT2D eigenvalue weighted by Crippen LogP contribution is 2.43. The number of hydrogen-bond acceptors (Lipinski definition) is 6. The number of hydrogen-bond donors (Lipinski definition) is 1. The molecule has 0 rings (SSSR count). The lowest BCUT2D eigenvalue weighted by Crippen LogP contribution is -2.04. The molecule has 72 valence electrons. The van der Waals surface area contributed by atoms with E-state index in [-0.39, 0.29) is 0 Å². The monoisotopic (exact) mass is 198 g/mol. The minimum atomic E-state index is -3.28. The van der Waals surface area contributed by atoms with Gasteiger partial charge < -0.3 is 9.84 Å². The van der Waals surface area contributed by atoms with Crippen molar-refractivity contribution in [2.45, 2.75) is 6.92 Å². The fourth-order valence-corrected chi connectivity index (χ4v) is 0.876. The summed E-state index contributed by atoms with van der Waals surface area (Å²) in [6.45, 7) is 1.21. The summed E-state index contributed by atoms with van der Waals surface area (Å²) in [5, 5.41) is 8.23. The van der Waals surface area contributed by atoms with Gasteiger partial charge in [0, 0.05) is 13.6 Å². The molecule has 6 nitrogen and oxygen atoms in total. The van der Waals surface area contributed by atoms with Gasteiger partial charge in [0.15, 0.2) is 6.79 Å². The smallest absolute Gasteiger partial charge is 0.332 e. The van der Waals surface area contributed by atoms with Crippen molar-refractivity contribution in [1.29, 1.82) is 0 Å². The quantitative estimate of drug-likeness (QED) is 0.389. The zero-order chi connectivity index (χ0) is 9.61. The Bertz CT molecular complexity index is 190. The Hall–Kier alpha value is -0.420. The lowest BCUT2D eigenvalue weighted by molar-refractivity contribution is -0.147. The summed E-state index contributed by atoms with van der Waals surface area (Å²) in [5.41, 5.74) is 0. The molecule has 0 radical (unpaired) electrons. The minimum Gasteiger partial charge on any atom is -0.438 e. The average molecular weight is 198 g/mol. The van der Waals surface area contributed by atoms with Crippen LogP contribution in [0.3, 0.4) is 0 Å². The van der Waals surface area contributed by atoms with Gasteiger partial charge in [-0.1, -0.05) is 0 Å². The highest BCUT2D eigenvalue weighted by atomic mass is 31.2. The first-order chi connectivity index (χ1) is 5.48. The van der Waals surface area contributed by atoms with Crippen LogP contribution in [-0.2, 0) is 23.1 Å². The Morgan fingerprint density at radius 1 is 1.50 bits per heavy atom. The van der Waals surface area contributed by atoms with Crippen LogP contribution in [0.5, 0.6) is 0 Å². The van der Waals surface area contributed by atoms with Crippen LogP contribution in [0.1, 0.15) is 6.92 Å². The lowest BCUT2D eigenvalue weighted by atomic mass is 10.8. The van der Waals surface area contributed by atoms with Crippen molar-refractivity contribution in [2.24, 2.45) is 0 Å². The van der Waals surface area contributed by atoms with Crippen LogP contribution < -0.4 is 0 Å². The summed E-state index contributed by atoms with van der Waals surface area (Å²) in [4.78, 5) is 10.2. The van der Waals surface area contributed by atoms with Crippen molar-refractivity contribution in [2.75, 3.05) is 20.3 Å². The normalized spacial score (nSPS) is 15.2. The number of ether oxygens (including phenoxy) is 1. The van der Waals surface area contributed by atoms with Crippen molar-refractivity contribution >= 4 is 13.6 Å². The first kappa shape index (κ1) is 11.6. The predicted octanol–water partition coefficient (Wildman–Crippen LogP) is 0.313. The molecule has 0 aromatic heterocycles. The Morgan fingerprint density at radius 3 is 2.50 bits per heavy atom. The summed E-state index contributed by atoms with van der Waals surface area (Å²) in [5.74, 6) is -0.543. The summed E-state index contributed by atoms with van der Waals surface area (Å²) < 4.78 is 24.1. The van der Waals surface area contributed by atoms with E-state index in [9.17, 15) is 9.36 Å². The molecule has 0 aliphatic rings. The summed E-state index contributed by atoms with van der Waals surface area (Å²) >= 11 is 0. The van der Waals surface area contributed by atoms with Crippen molar-refractivity contribution < 1.29 is 28.3 Å². The molecule has 0 fully saturated rings. The molecule has 0 spiro atoms. The highest BCUT2D eigenvalue weighted by molar-refractivity contribution is 7.52. The maximum atomic E-state index is 11.0. The van der Waals surface area contributed by atoms with Crippen molar-refractivity contribution in [3.05, 3.63) is 0 Å². The molecule has 0 aromatic rings. The molecular weight excluding hydrogens is 187 g/mol. The van der Waals surface area contributed by atoms with Gasteiger partial charge in [0.2, 0.25) is 6.79 Å². The third kappa shape index (κ3) is 6.30. The maximum Gasteiger partial charge on any atom is 0.332 e. The molecule has 0 saturated carbocycles. The van der Waals surface area contributed by atoms with E-state index < -0.39 is 27.2 Å². The zero-order valence-electron chi connectivity index (χ0n) is 6.85. The number of esters is 1. The summed E-state index contributed by atoms with van der Waals surface area (Å²) in [7, 11) is -3.28. The van der Waals surface area contributed by atoms with Crippen LogP contribution in [0, 0.1) is 0 Å². The fourth-order valence-electron chi connectivity index (χ4n) is 0.347. The molecule has 7 heteroatoms. The SMILES string of the molecule is CC(=O)OCOP(C)(=O)OCO. The topological polar surface area (TPSA) is 82.1 Å². The summed E-state index contributed by atoms with van der Waals surface area (Å²) in [6, 6.07) is 0. The first-order valence-corrected chi connectivity index (χ1v) is 5.08. The number of carbonyl (C=O) groups excluding carboxylic acids is 1. The maximum absolute atomic E-state index is 11.0. The first-order valence-electron chi connectivity index (χ1n) is 3.09. The van der Waals surface area contributed by atoms with E-state index in [0.29, 0.717) is 0 Å². The largest absolute Gasteiger partial charge is 0.438 e. The fraction of sp³-hybridized carbons (Fsp3) is 0.800. The van der Waals surface area contributed by atoms with Crippen LogP contribution in [0.15, 0.2) is 0 Å². The number of aliphatic hydroxyl groups excluding tert-OH is 1. The molecule has 1 unspecified atom stereocenters. The van der Waals surface area contributed by atoms with E-state index in [1.54, 1.807) is 0 Å². The molecule has 0 aromatic carbocycles. The van der Waals surface area contributed by atoms with Crippen molar-refractivity contribution in [3.8, 4) is 0 Å². The number of rotatable bonds is 5. The van der Waals surface area contributed by atoms with Gasteiger partial charge in [-0.25, -0.2) is 0 Å². The van der Waals surface area contributed by atoms with E-state index in [1.807, 2.05) is 0 Å². The van der Waals surface area contributed by atoms with Gasteiger partial charge in [0.25, 0.3) is 0 Å². The van der Waals surface area contributed by atoms with E-state index >= 15 is 0 Å². The van der Waals surface area contributed by atoms with E-state index in [2.05, 4.69) is 13.8 Å². The van der Waals surface area contributed by atoms with Crippen LogP contribution in [-0.4, -0.2) is 31.3 Å². The van der Waals surface area contributed by atoms with Crippen molar-refractivity contribution in [1.82, 2.24) is 0 Å². The van der Waals surface area contributed by atoms with Crippen LogP contribution in [0.2, 0.25) is 0 Å². The van der Waals surface area contributed by atoms with Gasteiger partial charge in [-0.3, -0.25) is 18.4 Å². The van der Waals surface area contributed by atoms with E-state index in [0.717, 1.165) is 6.66 Å². The molecule has 12 heavy (non-hydrogen) atoms. The Morgan fingerprint density at radius 2 is 2.08 bits per heavy atom. The second-order valence-corrected chi connectivity index (χ2v) is 3.97. The number of carbonyl (C=O) groups is 1. The van der Waals surface area contributed by atoms with Gasteiger partial charge in [-0.2, -0.15) is 0 Å². The lowest BCUT2D eigenvalue weighted by Gasteiger charge is -2.11. The Kier molecular flexibility index (Phi) is 5.08. The van der Waals surface area contributed by atoms with Crippen molar-refractivity contribution in [3.63, 3.8) is 0 Å². The second kappa shape index (κ2) is 5.27. The summed E-state index contributed by atoms with van der Waals surface area (Å²) in [6.07, 6.45) is 0. The molecule has 0 bridgehead atoms. The standard InChI is InChI=1S/C5H11O6P/c1-5(7)9-4-11-12(2,8)10-3-6/h6H,3-4H2,1-2H3. The van der Waals surface area contributed by atoms with E-state index in [4.69, 9.17) is 5.11 Å². The van der Waals surface area contributed by atoms with Crippen LogP contribution in [0.25, 0.3) is 0 Å². The highest BCUT2D eigenvalue weighted by Gasteiger charge is 2.16. The third-order valence-corrected chi connectivity index (χ3v) is 2.00. The molecule has 1 atom stereocenters. The minimum absolute atomic E-state index is 0.441. The second-order valence-electron chi connectivity index (χ2n) is 1.91.